The van der Waals surface area contributed by atoms with E-state index in [9.17, 15) is 0 Å². The summed E-state index contributed by atoms with van der Waals surface area (Å²) in [5.74, 6) is 0.649. The summed E-state index contributed by atoms with van der Waals surface area (Å²) in [6.45, 7) is 4.43. The molecule has 0 fully saturated rings. The highest BCUT2D eigenvalue weighted by Crippen LogP contribution is 2.29. The van der Waals surface area contributed by atoms with Crippen LogP contribution in [0.5, 0.6) is 0 Å². The minimum absolute atomic E-state index is 0.324. The normalized spacial score (nSPS) is 13.4. The number of rotatable bonds is 4. The molecule has 3 aromatic carbocycles. The van der Waals surface area contributed by atoms with Gasteiger partial charge in [0.1, 0.15) is 0 Å². The van der Waals surface area contributed by atoms with Crippen molar-refractivity contribution >= 4 is 11.4 Å². The Labute approximate surface area is 144 Å². The fraction of sp³-hybridized carbons (Fsp3) is 0.182. The smallest absolute Gasteiger partial charge is 0.0316 e. The average molecular weight is 316 g/mol. The summed E-state index contributed by atoms with van der Waals surface area (Å²) in [6.07, 6.45) is 0. The van der Waals surface area contributed by atoms with Gasteiger partial charge in [-0.05, 0) is 46.5 Å². The summed E-state index contributed by atoms with van der Waals surface area (Å²) in [5.41, 5.74) is 18.5. The standard InChI is InChI=1S/C22H24N2/c1-15(19-5-3-7-21(23)13-19)17-9-11-18(12-10-17)16(2)20-6-4-8-22(24)14-20/h3-16H,23-24H2,1-2H3. The fourth-order valence-electron chi connectivity index (χ4n) is 3.11. The van der Waals surface area contributed by atoms with Crippen molar-refractivity contribution in [1.82, 2.24) is 0 Å². The molecule has 122 valence electrons. The van der Waals surface area contributed by atoms with Crippen LogP contribution in [0.3, 0.4) is 0 Å². The molecule has 0 saturated heterocycles. The summed E-state index contributed by atoms with van der Waals surface area (Å²) >= 11 is 0. The Bertz CT molecular complexity index is 751. The molecule has 4 N–H and O–H groups in total. The molecular weight excluding hydrogens is 292 g/mol. The van der Waals surface area contributed by atoms with Crippen LogP contribution < -0.4 is 11.5 Å². The molecule has 2 atom stereocenters. The Morgan fingerprint density at radius 2 is 0.917 bits per heavy atom. The van der Waals surface area contributed by atoms with Gasteiger partial charge in [0.05, 0.1) is 0 Å². The fourth-order valence-corrected chi connectivity index (χ4v) is 3.11. The number of nitrogen functional groups attached to an aromatic ring is 2. The second kappa shape index (κ2) is 6.79. The van der Waals surface area contributed by atoms with E-state index in [4.69, 9.17) is 11.5 Å². The number of nitrogens with two attached hydrogens (primary N) is 2. The SMILES string of the molecule is CC(c1ccc(C(C)c2cccc(N)c2)cc1)c1cccc(N)c1. The Kier molecular flexibility index (Phi) is 4.57. The van der Waals surface area contributed by atoms with Gasteiger partial charge < -0.3 is 11.5 Å². The van der Waals surface area contributed by atoms with Gasteiger partial charge in [0.15, 0.2) is 0 Å². The number of hydrogen-bond acceptors (Lipinski definition) is 2. The monoisotopic (exact) mass is 316 g/mol. The van der Waals surface area contributed by atoms with Crippen LogP contribution in [0.15, 0.2) is 72.8 Å². The van der Waals surface area contributed by atoms with Crippen LogP contribution in [-0.4, -0.2) is 0 Å². The summed E-state index contributed by atoms with van der Waals surface area (Å²) in [4.78, 5) is 0. The molecule has 24 heavy (non-hydrogen) atoms. The molecule has 3 rings (SSSR count). The lowest BCUT2D eigenvalue weighted by atomic mass is 9.88. The maximum atomic E-state index is 5.90. The number of hydrogen-bond donors (Lipinski definition) is 2. The maximum Gasteiger partial charge on any atom is 0.0316 e. The Balaban J connectivity index is 1.82. The van der Waals surface area contributed by atoms with Crippen LogP contribution in [0.2, 0.25) is 0 Å². The zero-order valence-corrected chi connectivity index (χ0v) is 14.2. The second-order valence-corrected chi connectivity index (χ2v) is 6.45. The molecule has 0 heterocycles. The lowest BCUT2D eigenvalue weighted by molar-refractivity contribution is 0.899. The van der Waals surface area contributed by atoms with Crippen molar-refractivity contribution in [2.45, 2.75) is 25.7 Å². The van der Waals surface area contributed by atoms with Crippen LogP contribution in [0.25, 0.3) is 0 Å². The van der Waals surface area contributed by atoms with E-state index >= 15 is 0 Å². The van der Waals surface area contributed by atoms with E-state index < -0.39 is 0 Å². The highest BCUT2D eigenvalue weighted by Gasteiger charge is 2.12. The van der Waals surface area contributed by atoms with Crippen LogP contribution in [0.4, 0.5) is 11.4 Å². The summed E-state index contributed by atoms with van der Waals surface area (Å²) in [6, 6.07) is 25.1. The number of anilines is 2. The van der Waals surface area contributed by atoms with E-state index in [1.54, 1.807) is 0 Å². The predicted octanol–water partition coefficient (Wildman–Crippen LogP) is 5.15. The largest absolute Gasteiger partial charge is 0.399 e. The summed E-state index contributed by atoms with van der Waals surface area (Å²) in [7, 11) is 0. The van der Waals surface area contributed by atoms with Crippen LogP contribution in [0.1, 0.15) is 47.9 Å². The molecule has 3 aromatic rings. The third kappa shape index (κ3) is 3.43. The minimum atomic E-state index is 0.324. The van der Waals surface area contributed by atoms with Crippen LogP contribution in [0, 0.1) is 0 Å². The molecule has 0 saturated carbocycles. The zero-order valence-electron chi connectivity index (χ0n) is 14.2. The van der Waals surface area contributed by atoms with Crippen molar-refractivity contribution in [2.75, 3.05) is 11.5 Å². The summed E-state index contributed by atoms with van der Waals surface area (Å²) in [5, 5.41) is 0. The molecule has 2 nitrogen and oxygen atoms in total. The average Bonchev–Trinajstić information content (AvgIpc) is 2.60. The van der Waals surface area contributed by atoms with Crippen molar-refractivity contribution in [3.8, 4) is 0 Å². The minimum Gasteiger partial charge on any atom is -0.399 e. The van der Waals surface area contributed by atoms with Gasteiger partial charge in [-0.15, -0.1) is 0 Å². The molecule has 0 radical (unpaired) electrons. The van der Waals surface area contributed by atoms with Gasteiger partial charge in [0, 0.05) is 23.2 Å². The first kappa shape index (κ1) is 16.1. The Morgan fingerprint density at radius 1 is 0.542 bits per heavy atom. The molecule has 0 amide bonds. The van der Waals surface area contributed by atoms with Crippen LogP contribution in [-0.2, 0) is 0 Å². The zero-order chi connectivity index (χ0) is 17.1. The first-order valence-electron chi connectivity index (χ1n) is 8.35. The first-order valence-corrected chi connectivity index (χ1v) is 8.35. The van der Waals surface area contributed by atoms with E-state index in [0.29, 0.717) is 11.8 Å². The van der Waals surface area contributed by atoms with Gasteiger partial charge in [-0.25, -0.2) is 0 Å². The van der Waals surface area contributed by atoms with Gasteiger partial charge in [-0.1, -0.05) is 62.4 Å². The molecular formula is C22H24N2. The second-order valence-electron chi connectivity index (χ2n) is 6.45. The van der Waals surface area contributed by atoms with Crippen LogP contribution >= 0.6 is 0 Å². The molecule has 0 aromatic heterocycles. The van der Waals surface area contributed by atoms with E-state index in [1.807, 2.05) is 36.4 Å². The van der Waals surface area contributed by atoms with Gasteiger partial charge in [-0.3, -0.25) is 0 Å². The van der Waals surface area contributed by atoms with Crippen molar-refractivity contribution in [2.24, 2.45) is 0 Å². The molecule has 0 aliphatic rings. The molecule has 2 heteroatoms. The van der Waals surface area contributed by atoms with Crippen molar-refractivity contribution < 1.29 is 0 Å². The molecule has 0 bridgehead atoms. The highest BCUT2D eigenvalue weighted by atomic mass is 14.5. The van der Waals surface area contributed by atoms with Gasteiger partial charge in [0.25, 0.3) is 0 Å². The lowest BCUT2D eigenvalue weighted by Gasteiger charge is -2.16. The van der Waals surface area contributed by atoms with Gasteiger partial charge in [0.2, 0.25) is 0 Å². The Hall–Kier alpha value is -2.74. The van der Waals surface area contributed by atoms with Gasteiger partial charge in [-0.2, -0.15) is 0 Å². The third-order valence-corrected chi connectivity index (χ3v) is 4.76. The lowest BCUT2D eigenvalue weighted by Crippen LogP contribution is -2.00. The number of benzene rings is 3. The topological polar surface area (TPSA) is 52.0 Å². The van der Waals surface area contributed by atoms with Gasteiger partial charge >= 0.3 is 0 Å². The third-order valence-electron chi connectivity index (χ3n) is 4.76. The van der Waals surface area contributed by atoms with E-state index in [1.165, 1.54) is 22.3 Å². The molecule has 0 aliphatic carbocycles. The molecule has 0 spiro atoms. The van der Waals surface area contributed by atoms with Crippen molar-refractivity contribution in [1.29, 1.82) is 0 Å². The Morgan fingerprint density at radius 3 is 1.25 bits per heavy atom. The highest BCUT2D eigenvalue weighted by molar-refractivity contribution is 5.46. The molecule has 2 unspecified atom stereocenters. The first-order chi connectivity index (χ1) is 11.5. The van der Waals surface area contributed by atoms with E-state index in [-0.39, 0.29) is 0 Å². The summed E-state index contributed by atoms with van der Waals surface area (Å²) < 4.78 is 0. The maximum absolute atomic E-state index is 5.90. The quantitative estimate of drug-likeness (QED) is 0.654. The van der Waals surface area contributed by atoms with E-state index in [0.717, 1.165) is 11.4 Å². The van der Waals surface area contributed by atoms with E-state index in [2.05, 4.69) is 50.2 Å². The van der Waals surface area contributed by atoms with Crippen molar-refractivity contribution in [3.63, 3.8) is 0 Å². The predicted molar refractivity (Wildman–Crippen MR) is 103 cm³/mol. The van der Waals surface area contributed by atoms with Crippen molar-refractivity contribution in [3.05, 3.63) is 95.1 Å². The molecule has 0 aliphatic heterocycles.